The zero-order valence-electron chi connectivity index (χ0n) is 17.7. The van der Waals surface area contributed by atoms with Crippen molar-refractivity contribution in [2.75, 3.05) is 13.2 Å². The fourth-order valence-electron chi connectivity index (χ4n) is 5.23. The number of nitrogens with zero attached hydrogens (tertiary/aromatic N) is 1. The third kappa shape index (κ3) is 3.54. The van der Waals surface area contributed by atoms with Crippen LogP contribution in [0, 0.1) is 0 Å². The highest BCUT2D eigenvalue weighted by Crippen LogP contribution is 2.44. The van der Waals surface area contributed by atoms with Gasteiger partial charge in [0.25, 0.3) is 0 Å². The first-order chi connectivity index (χ1) is 15.6. The maximum absolute atomic E-state index is 13.1. The van der Waals surface area contributed by atoms with E-state index in [0.717, 1.165) is 40.7 Å². The predicted octanol–water partition coefficient (Wildman–Crippen LogP) is 5.27. The molecule has 32 heavy (non-hydrogen) atoms. The summed E-state index contributed by atoms with van der Waals surface area (Å²) in [6.45, 7) is 0.572. The number of carboxylic acids is 1. The van der Waals surface area contributed by atoms with Crippen molar-refractivity contribution in [1.82, 2.24) is 4.90 Å². The number of hydrogen-bond acceptors (Lipinski definition) is 3. The molecule has 2 unspecified atom stereocenters. The lowest BCUT2D eigenvalue weighted by Gasteiger charge is -2.38. The zero-order chi connectivity index (χ0) is 22.1. The van der Waals surface area contributed by atoms with Crippen molar-refractivity contribution in [3.8, 4) is 11.1 Å². The van der Waals surface area contributed by atoms with Crippen LogP contribution in [0.2, 0.25) is 0 Å². The Morgan fingerprint density at radius 2 is 1.47 bits per heavy atom. The zero-order valence-corrected chi connectivity index (χ0v) is 17.7. The molecule has 5 heteroatoms. The van der Waals surface area contributed by atoms with Crippen LogP contribution in [0.3, 0.4) is 0 Å². The predicted molar refractivity (Wildman–Crippen MR) is 122 cm³/mol. The molecule has 1 fully saturated rings. The minimum Gasteiger partial charge on any atom is -0.480 e. The molecule has 1 aliphatic carbocycles. The summed E-state index contributed by atoms with van der Waals surface area (Å²) < 4.78 is 5.77. The van der Waals surface area contributed by atoms with E-state index in [-0.39, 0.29) is 18.4 Å². The minimum atomic E-state index is -0.993. The maximum Gasteiger partial charge on any atom is 0.410 e. The Labute approximate surface area is 187 Å². The largest absolute Gasteiger partial charge is 0.480 e. The number of ether oxygens (including phenoxy) is 1. The number of hydrogen-bond donors (Lipinski definition) is 1. The molecule has 3 aromatic rings. The SMILES string of the molecule is O=C(O)C1C(c2ccccc2)CCCN1C(=O)OCC1c2ccccc2-c2ccccc21. The monoisotopic (exact) mass is 427 g/mol. The topological polar surface area (TPSA) is 66.8 Å². The molecule has 1 aliphatic heterocycles. The molecule has 5 nitrogen and oxygen atoms in total. The second-order valence-corrected chi connectivity index (χ2v) is 8.44. The summed E-state index contributed by atoms with van der Waals surface area (Å²) >= 11 is 0. The molecule has 1 heterocycles. The average Bonchev–Trinajstić information content (AvgIpc) is 3.16. The standard InChI is InChI=1S/C27H25NO4/c29-26(30)25-19(18-9-2-1-3-10-18)15-8-16-28(25)27(31)32-17-24-22-13-6-4-11-20(22)21-12-5-7-14-23(21)24/h1-7,9-14,19,24-25H,8,15-17H2,(H,29,30). The number of piperidine rings is 1. The van der Waals surface area contributed by atoms with Crippen LogP contribution in [0.15, 0.2) is 78.9 Å². The molecule has 1 N–H and O–H groups in total. The molecule has 162 valence electrons. The summed E-state index contributed by atoms with van der Waals surface area (Å²) in [6, 6.07) is 25.0. The number of fused-ring (bicyclic) bond motifs is 3. The molecule has 5 rings (SSSR count). The first-order valence-corrected chi connectivity index (χ1v) is 11.0. The third-order valence-electron chi connectivity index (χ3n) is 6.68. The molecule has 1 amide bonds. The lowest BCUT2D eigenvalue weighted by atomic mass is 9.83. The second-order valence-electron chi connectivity index (χ2n) is 8.44. The molecule has 0 bridgehead atoms. The Bertz CT molecular complexity index is 1100. The Hall–Kier alpha value is -3.60. The van der Waals surface area contributed by atoms with Gasteiger partial charge in [0.1, 0.15) is 12.6 Å². The molecule has 1 saturated heterocycles. The van der Waals surface area contributed by atoms with Gasteiger partial charge in [-0.3, -0.25) is 4.90 Å². The lowest BCUT2D eigenvalue weighted by molar-refractivity contribution is -0.144. The summed E-state index contributed by atoms with van der Waals surface area (Å²) in [6.07, 6.45) is 0.918. The Balaban J connectivity index is 1.36. The van der Waals surface area contributed by atoms with E-state index < -0.39 is 18.1 Å². The average molecular weight is 428 g/mol. The highest BCUT2D eigenvalue weighted by Gasteiger charge is 2.41. The van der Waals surface area contributed by atoms with E-state index in [0.29, 0.717) is 6.54 Å². The van der Waals surface area contributed by atoms with Crippen LogP contribution in [0.1, 0.15) is 41.4 Å². The molecular weight excluding hydrogens is 402 g/mol. The maximum atomic E-state index is 13.1. The van der Waals surface area contributed by atoms with Crippen LogP contribution in [-0.4, -0.2) is 41.3 Å². The number of carbonyl (C=O) groups excluding carboxylic acids is 1. The summed E-state index contributed by atoms with van der Waals surface area (Å²) in [5, 5.41) is 9.98. The van der Waals surface area contributed by atoms with Crippen molar-refractivity contribution in [3.05, 3.63) is 95.6 Å². The number of carbonyl (C=O) groups is 2. The van der Waals surface area contributed by atoms with E-state index in [1.165, 1.54) is 4.90 Å². The van der Waals surface area contributed by atoms with Crippen LogP contribution in [0.25, 0.3) is 11.1 Å². The molecule has 0 aromatic heterocycles. The van der Waals surface area contributed by atoms with E-state index in [2.05, 4.69) is 24.3 Å². The molecular formula is C27H25NO4. The number of likely N-dealkylation sites (tertiary alicyclic amines) is 1. The highest BCUT2D eigenvalue weighted by molar-refractivity contribution is 5.82. The van der Waals surface area contributed by atoms with Gasteiger partial charge in [0.05, 0.1) is 0 Å². The van der Waals surface area contributed by atoms with Gasteiger partial charge in [-0.25, -0.2) is 9.59 Å². The fourth-order valence-corrected chi connectivity index (χ4v) is 5.23. The van der Waals surface area contributed by atoms with Gasteiger partial charge in [-0.1, -0.05) is 78.9 Å². The lowest BCUT2D eigenvalue weighted by Crippen LogP contribution is -2.52. The Kier molecular flexibility index (Phi) is 5.39. The summed E-state index contributed by atoms with van der Waals surface area (Å²) in [5.41, 5.74) is 5.54. The molecule has 0 saturated carbocycles. The van der Waals surface area contributed by atoms with Crippen LogP contribution in [-0.2, 0) is 9.53 Å². The Morgan fingerprint density at radius 3 is 2.09 bits per heavy atom. The summed E-state index contributed by atoms with van der Waals surface area (Å²) in [5.74, 6) is -1.29. The van der Waals surface area contributed by atoms with Crippen molar-refractivity contribution in [2.45, 2.75) is 30.7 Å². The summed E-state index contributed by atoms with van der Waals surface area (Å²) in [7, 11) is 0. The van der Waals surface area contributed by atoms with Gasteiger partial charge >= 0.3 is 12.1 Å². The number of rotatable bonds is 4. The van der Waals surface area contributed by atoms with E-state index in [1.54, 1.807) is 0 Å². The van der Waals surface area contributed by atoms with Crippen molar-refractivity contribution >= 4 is 12.1 Å². The Morgan fingerprint density at radius 1 is 0.875 bits per heavy atom. The normalized spacial score (nSPS) is 19.8. The first kappa shape index (κ1) is 20.3. The van der Waals surface area contributed by atoms with Crippen molar-refractivity contribution in [1.29, 1.82) is 0 Å². The van der Waals surface area contributed by atoms with Gasteiger partial charge < -0.3 is 9.84 Å². The van der Waals surface area contributed by atoms with Crippen molar-refractivity contribution in [3.63, 3.8) is 0 Å². The molecule has 0 radical (unpaired) electrons. The number of aliphatic carboxylic acids is 1. The second kappa shape index (κ2) is 8.50. The van der Waals surface area contributed by atoms with Gasteiger partial charge in [0.2, 0.25) is 0 Å². The van der Waals surface area contributed by atoms with E-state index in [1.807, 2.05) is 54.6 Å². The van der Waals surface area contributed by atoms with Crippen LogP contribution in [0.4, 0.5) is 4.79 Å². The highest BCUT2D eigenvalue weighted by atomic mass is 16.6. The van der Waals surface area contributed by atoms with E-state index >= 15 is 0 Å². The van der Waals surface area contributed by atoms with Gasteiger partial charge in [0.15, 0.2) is 0 Å². The first-order valence-electron chi connectivity index (χ1n) is 11.0. The van der Waals surface area contributed by atoms with E-state index in [4.69, 9.17) is 4.74 Å². The van der Waals surface area contributed by atoms with Crippen molar-refractivity contribution in [2.24, 2.45) is 0 Å². The number of carboxylic acid groups (broad SMARTS) is 1. The number of amides is 1. The van der Waals surface area contributed by atoms with Crippen LogP contribution in [0.5, 0.6) is 0 Å². The van der Waals surface area contributed by atoms with Gasteiger partial charge in [-0.05, 0) is 40.7 Å². The molecule has 2 aliphatic rings. The smallest absolute Gasteiger partial charge is 0.410 e. The molecule has 2 atom stereocenters. The quantitative estimate of drug-likeness (QED) is 0.616. The minimum absolute atomic E-state index is 0.0515. The molecule has 0 spiro atoms. The fraction of sp³-hybridized carbons (Fsp3) is 0.259. The number of benzene rings is 3. The van der Waals surface area contributed by atoms with E-state index in [9.17, 15) is 14.7 Å². The third-order valence-corrected chi connectivity index (χ3v) is 6.68. The van der Waals surface area contributed by atoms with Crippen LogP contribution >= 0.6 is 0 Å². The van der Waals surface area contributed by atoms with Gasteiger partial charge in [-0.2, -0.15) is 0 Å². The van der Waals surface area contributed by atoms with Gasteiger partial charge in [0, 0.05) is 18.4 Å². The van der Waals surface area contributed by atoms with Crippen molar-refractivity contribution < 1.29 is 19.4 Å². The molecule has 3 aromatic carbocycles. The van der Waals surface area contributed by atoms with Gasteiger partial charge in [-0.15, -0.1) is 0 Å². The summed E-state index contributed by atoms with van der Waals surface area (Å²) in [4.78, 5) is 26.7. The van der Waals surface area contributed by atoms with Crippen LogP contribution < -0.4 is 0 Å².